The molecule has 8 heteroatoms. The Morgan fingerprint density at radius 1 is 1.38 bits per heavy atom. The van der Waals surface area contributed by atoms with Crippen molar-refractivity contribution >= 4 is 23.1 Å². The van der Waals surface area contributed by atoms with Gasteiger partial charge in [-0.15, -0.1) is 0 Å². The molecule has 114 valence electrons. The molecular weight excluding hydrogens is 305 g/mol. The van der Waals surface area contributed by atoms with Crippen molar-refractivity contribution in [3.05, 3.63) is 29.1 Å². The lowest BCUT2D eigenvalue weighted by Gasteiger charge is -2.32. The summed E-state index contributed by atoms with van der Waals surface area (Å²) >= 11 is 4.87. The van der Waals surface area contributed by atoms with E-state index in [1.54, 1.807) is 0 Å². The highest BCUT2D eigenvalue weighted by molar-refractivity contribution is 7.80. The highest BCUT2D eigenvalue weighted by Crippen LogP contribution is 2.28. The zero-order chi connectivity index (χ0) is 15.7. The highest BCUT2D eigenvalue weighted by Gasteiger charge is 2.30. The smallest absolute Gasteiger partial charge is 0.257 e. The number of aromatic hydroxyl groups is 1. The van der Waals surface area contributed by atoms with Crippen LogP contribution in [0.3, 0.4) is 0 Å². The number of nitrogens with two attached hydrogens (primary N) is 1. The van der Waals surface area contributed by atoms with Gasteiger partial charge in [0.2, 0.25) is 5.82 Å². The van der Waals surface area contributed by atoms with Crippen LogP contribution in [0.4, 0.5) is 13.2 Å². The molecule has 1 saturated heterocycles. The number of rotatable bonds is 2. The van der Waals surface area contributed by atoms with Crippen LogP contribution in [0.25, 0.3) is 0 Å². The lowest BCUT2D eigenvalue weighted by molar-refractivity contribution is 0.0697. The first kappa shape index (κ1) is 15.6. The molecule has 0 aliphatic carbocycles. The van der Waals surface area contributed by atoms with Crippen molar-refractivity contribution in [1.29, 1.82) is 0 Å². The second-order valence-electron chi connectivity index (χ2n) is 4.88. The van der Waals surface area contributed by atoms with E-state index in [0.29, 0.717) is 25.5 Å². The average molecular weight is 318 g/mol. The summed E-state index contributed by atoms with van der Waals surface area (Å²) in [7, 11) is 0. The average Bonchev–Trinajstić information content (AvgIpc) is 2.48. The van der Waals surface area contributed by atoms with Crippen LogP contribution < -0.4 is 5.73 Å². The molecule has 0 spiro atoms. The SMILES string of the molecule is NC(=S)C1CCCN(C(=O)c2cc(F)c(F)c(O)c2F)C1. The van der Waals surface area contributed by atoms with E-state index in [1.165, 1.54) is 4.90 Å². The van der Waals surface area contributed by atoms with Gasteiger partial charge in [-0.1, -0.05) is 12.2 Å². The third kappa shape index (κ3) is 2.94. The molecule has 0 bridgehead atoms. The van der Waals surface area contributed by atoms with Crippen LogP contribution in [0, 0.1) is 23.4 Å². The lowest BCUT2D eigenvalue weighted by Crippen LogP contribution is -2.43. The molecule has 1 aliphatic rings. The summed E-state index contributed by atoms with van der Waals surface area (Å²) in [4.78, 5) is 13.7. The molecule has 1 aromatic rings. The fourth-order valence-corrected chi connectivity index (χ4v) is 2.50. The summed E-state index contributed by atoms with van der Waals surface area (Å²) in [5, 5.41) is 9.15. The molecule has 1 heterocycles. The number of piperidine rings is 1. The maximum absolute atomic E-state index is 13.7. The van der Waals surface area contributed by atoms with Crippen molar-refractivity contribution in [2.24, 2.45) is 11.7 Å². The topological polar surface area (TPSA) is 66.6 Å². The molecule has 0 saturated carbocycles. The zero-order valence-corrected chi connectivity index (χ0v) is 11.7. The van der Waals surface area contributed by atoms with Gasteiger partial charge >= 0.3 is 0 Å². The number of carbonyl (C=O) groups is 1. The Labute approximate surface area is 124 Å². The fourth-order valence-electron chi connectivity index (χ4n) is 2.31. The number of halogens is 3. The molecule has 4 nitrogen and oxygen atoms in total. The van der Waals surface area contributed by atoms with Crippen LogP contribution in [0.5, 0.6) is 5.75 Å². The van der Waals surface area contributed by atoms with Gasteiger partial charge in [0.15, 0.2) is 17.4 Å². The Morgan fingerprint density at radius 3 is 2.67 bits per heavy atom. The number of carbonyl (C=O) groups excluding carboxylic acids is 1. The Morgan fingerprint density at radius 2 is 2.05 bits per heavy atom. The summed E-state index contributed by atoms with van der Waals surface area (Å²) in [6, 6.07) is 0.442. The highest BCUT2D eigenvalue weighted by atomic mass is 32.1. The minimum atomic E-state index is -1.72. The summed E-state index contributed by atoms with van der Waals surface area (Å²) in [6.45, 7) is 0.518. The number of benzene rings is 1. The fraction of sp³-hybridized carbons (Fsp3) is 0.385. The lowest BCUT2D eigenvalue weighted by atomic mass is 9.97. The molecule has 0 radical (unpaired) electrons. The number of thiocarbonyl (C=S) groups is 1. The molecule has 3 N–H and O–H groups in total. The molecule has 1 aromatic carbocycles. The molecule has 1 aliphatic heterocycles. The van der Waals surface area contributed by atoms with Gasteiger partial charge in [-0.2, -0.15) is 4.39 Å². The van der Waals surface area contributed by atoms with Gasteiger partial charge in [0.25, 0.3) is 5.91 Å². The minimum Gasteiger partial charge on any atom is -0.503 e. The number of amides is 1. The Balaban J connectivity index is 2.30. The summed E-state index contributed by atoms with van der Waals surface area (Å²) in [6.07, 6.45) is 1.33. The maximum Gasteiger partial charge on any atom is 0.257 e. The third-order valence-electron chi connectivity index (χ3n) is 3.47. The van der Waals surface area contributed by atoms with Crippen LogP contribution in [0.15, 0.2) is 6.07 Å². The van der Waals surface area contributed by atoms with Crippen molar-refractivity contribution in [2.45, 2.75) is 12.8 Å². The molecule has 21 heavy (non-hydrogen) atoms. The van der Waals surface area contributed by atoms with Gasteiger partial charge in [-0.3, -0.25) is 4.79 Å². The molecule has 1 unspecified atom stereocenters. The van der Waals surface area contributed by atoms with Gasteiger partial charge in [0, 0.05) is 19.0 Å². The van der Waals surface area contributed by atoms with Crippen molar-refractivity contribution in [2.75, 3.05) is 13.1 Å². The standard InChI is InChI=1S/C13H13F3N2O2S/c14-8-4-7(9(15)11(19)10(8)16)13(20)18-3-1-2-6(5-18)12(17)21/h4,6,19H,1-3,5H2,(H2,17,21). The molecule has 1 fully saturated rings. The monoisotopic (exact) mass is 318 g/mol. The normalized spacial score (nSPS) is 18.6. The first-order chi connectivity index (χ1) is 9.82. The number of nitrogens with zero attached hydrogens (tertiary/aromatic N) is 1. The Hall–Kier alpha value is -1.83. The number of likely N-dealkylation sites (tertiary alicyclic amines) is 1. The van der Waals surface area contributed by atoms with E-state index in [0.717, 1.165) is 0 Å². The van der Waals surface area contributed by atoms with Crippen LogP contribution in [0.2, 0.25) is 0 Å². The summed E-state index contributed by atoms with van der Waals surface area (Å²) in [5.74, 6) is -7.20. The number of hydrogen-bond donors (Lipinski definition) is 2. The second kappa shape index (κ2) is 5.88. The van der Waals surface area contributed by atoms with Crippen LogP contribution in [-0.4, -0.2) is 34.0 Å². The van der Waals surface area contributed by atoms with Crippen LogP contribution in [-0.2, 0) is 0 Å². The first-order valence-corrected chi connectivity index (χ1v) is 6.68. The van der Waals surface area contributed by atoms with E-state index < -0.39 is 34.7 Å². The summed E-state index contributed by atoms with van der Waals surface area (Å²) in [5.41, 5.74) is 4.82. The number of phenolic OH excluding ortho intramolecular Hbond substituents is 1. The van der Waals surface area contributed by atoms with Crippen molar-refractivity contribution in [3.63, 3.8) is 0 Å². The van der Waals surface area contributed by atoms with Crippen LogP contribution >= 0.6 is 12.2 Å². The Kier molecular flexibility index (Phi) is 4.36. The third-order valence-corrected chi connectivity index (χ3v) is 3.81. The van der Waals surface area contributed by atoms with Gasteiger partial charge < -0.3 is 15.7 Å². The predicted molar refractivity (Wildman–Crippen MR) is 73.4 cm³/mol. The maximum atomic E-state index is 13.7. The van der Waals surface area contributed by atoms with Gasteiger partial charge in [-0.05, 0) is 18.9 Å². The zero-order valence-electron chi connectivity index (χ0n) is 10.9. The van der Waals surface area contributed by atoms with E-state index in [2.05, 4.69) is 0 Å². The van der Waals surface area contributed by atoms with Crippen molar-refractivity contribution in [1.82, 2.24) is 4.90 Å². The van der Waals surface area contributed by atoms with E-state index in [9.17, 15) is 18.0 Å². The van der Waals surface area contributed by atoms with Crippen molar-refractivity contribution < 1.29 is 23.1 Å². The molecular formula is C13H13F3N2O2S. The van der Waals surface area contributed by atoms with E-state index in [-0.39, 0.29) is 17.5 Å². The molecule has 1 amide bonds. The predicted octanol–water partition coefficient (Wildman–Crippen LogP) is 1.95. The molecule has 1 atom stereocenters. The summed E-state index contributed by atoms with van der Waals surface area (Å²) < 4.78 is 40.0. The molecule has 2 rings (SSSR count). The van der Waals surface area contributed by atoms with Gasteiger partial charge in [0.1, 0.15) is 0 Å². The largest absolute Gasteiger partial charge is 0.503 e. The molecule has 0 aromatic heterocycles. The van der Waals surface area contributed by atoms with Crippen molar-refractivity contribution in [3.8, 4) is 5.75 Å². The van der Waals surface area contributed by atoms with E-state index >= 15 is 0 Å². The minimum absolute atomic E-state index is 0.188. The first-order valence-electron chi connectivity index (χ1n) is 6.28. The number of phenols is 1. The van der Waals surface area contributed by atoms with E-state index in [4.69, 9.17) is 23.1 Å². The van der Waals surface area contributed by atoms with Gasteiger partial charge in [-0.25, -0.2) is 8.78 Å². The second-order valence-corrected chi connectivity index (χ2v) is 5.35. The van der Waals surface area contributed by atoms with Crippen LogP contribution in [0.1, 0.15) is 23.2 Å². The Bertz CT molecular complexity index is 610. The van der Waals surface area contributed by atoms with Gasteiger partial charge in [0.05, 0.1) is 10.6 Å². The van der Waals surface area contributed by atoms with E-state index in [1.807, 2.05) is 0 Å². The quantitative estimate of drug-likeness (QED) is 0.646. The number of hydrogen-bond acceptors (Lipinski definition) is 3.